The van der Waals surface area contributed by atoms with E-state index in [4.69, 9.17) is 9.84 Å². The molecule has 1 aromatic carbocycles. The van der Waals surface area contributed by atoms with E-state index in [1.54, 1.807) is 13.2 Å². The Morgan fingerprint density at radius 1 is 1.31 bits per heavy atom. The molecule has 82 valence electrons. The average molecular weight is 217 g/mol. The molecule has 2 aromatic rings. The third-order valence-electron chi connectivity index (χ3n) is 2.41. The van der Waals surface area contributed by atoms with Gasteiger partial charge in [0, 0.05) is 11.1 Å². The van der Waals surface area contributed by atoms with Crippen molar-refractivity contribution in [3.8, 4) is 5.75 Å². The van der Waals surface area contributed by atoms with Crippen LogP contribution in [0.25, 0.3) is 10.9 Å². The fraction of sp³-hybridized carbons (Fsp3) is 0.167. The summed E-state index contributed by atoms with van der Waals surface area (Å²) >= 11 is 0. The topological polar surface area (TPSA) is 59.4 Å². The van der Waals surface area contributed by atoms with Gasteiger partial charge in [0.15, 0.2) is 0 Å². The fourth-order valence-corrected chi connectivity index (χ4v) is 1.64. The molecule has 1 heterocycles. The summed E-state index contributed by atoms with van der Waals surface area (Å²) in [5.74, 6) is -0.349. The summed E-state index contributed by atoms with van der Waals surface area (Å²) in [5.41, 5.74) is 1.44. The van der Waals surface area contributed by atoms with Crippen LogP contribution in [0.3, 0.4) is 0 Å². The number of carboxylic acid groups (broad SMARTS) is 1. The van der Waals surface area contributed by atoms with Gasteiger partial charge in [0.25, 0.3) is 0 Å². The van der Waals surface area contributed by atoms with Crippen molar-refractivity contribution < 1.29 is 14.6 Å². The number of aromatic carboxylic acids is 1. The van der Waals surface area contributed by atoms with Crippen LogP contribution in [0, 0.1) is 6.92 Å². The number of aryl methyl sites for hydroxylation is 1. The van der Waals surface area contributed by atoms with E-state index >= 15 is 0 Å². The molecular formula is C12H11NO3. The number of ether oxygens (including phenoxy) is 1. The Bertz CT molecular complexity index is 563. The predicted octanol–water partition coefficient (Wildman–Crippen LogP) is 2.25. The molecule has 0 bridgehead atoms. The van der Waals surface area contributed by atoms with Gasteiger partial charge < -0.3 is 9.84 Å². The summed E-state index contributed by atoms with van der Waals surface area (Å²) in [6, 6.07) is 6.80. The summed E-state index contributed by atoms with van der Waals surface area (Å²) in [4.78, 5) is 15.3. The molecule has 0 fully saturated rings. The van der Waals surface area contributed by atoms with E-state index in [0.29, 0.717) is 16.7 Å². The summed E-state index contributed by atoms with van der Waals surface area (Å²) in [5, 5.41) is 9.77. The van der Waals surface area contributed by atoms with Gasteiger partial charge in [-0.25, -0.2) is 4.79 Å². The molecule has 0 amide bonds. The minimum absolute atomic E-state index is 0.194. The molecule has 0 atom stereocenters. The average Bonchev–Trinajstić information content (AvgIpc) is 2.26. The molecule has 0 aliphatic carbocycles. The summed E-state index contributed by atoms with van der Waals surface area (Å²) in [6.07, 6.45) is 0. The van der Waals surface area contributed by atoms with Crippen molar-refractivity contribution in [2.75, 3.05) is 7.11 Å². The highest BCUT2D eigenvalue weighted by Crippen LogP contribution is 2.27. The van der Waals surface area contributed by atoms with Crippen LogP contribution in [-0.4, -0.2) is 23.2 Å². The van der Waals surface area contributed by atoms with Crippen LogP contribution in [0.15, 0.2) is 24.3 Å². The third kappa shape index (κ3) is 1.58. The summed E-state index contributed by atoms with van der Waals surface area (Å²) in [7, 11) is 1.55. The van der Waals surface area contributed by atoms with Crippen molar-refractivity contribution in [3.05, 3.63) is 35.5 Å². The Morgan fingerprint density at radius 2 is 2.06 bits per heavy atom. The Kier molecular flexibility index (Phi) is 2.48. The standard InChI is InChI=1S/C12H11NO3/c1-7-3-4-8-10(16-2)6-5-9(12(14)15)11(8)13-7/h3-6H,1-2H3,(H,14,15). The Balaban J connectivity index is 2.85. The van der Waals surface area contributed by atoms with Crippen molar-refractivity contribution in [2.24, 2.45) is 0 Å². The molecule has 0 radical (unpaired) electrons. The lowest BCUT2D eigenvalue weighted by molar-refractivity contribution is 0.0699. The number of fused-ring (bicyclic) bond motifs is 1. The quantitative estimate of drug-likeness (QED) is 0.838. The highest BCUT2D eigenvalue weighted by Gasteiger charge is 2.12. The van der Waals surface area contributed by atoms with E-state index in [2.05, 4.69) is 4.98 Å². The molecule has 0 aliphatic heterocycles. The third-order valence-corrected chi connectivity index (χ3v) is 2.41. The lowest BCUT2D eigenvalue weighted by Gasteiger charge is -2.07. The Morgan fingerprint density at radius 3 is 2.69 bits per heavy atom. The number of hydrogen-bond donors (Lipinski definition) is 1. The van der Waals surface area contributed by atoms with Crippen molar-refractivity contribution in [2.45, 2.75) is 6.92 Å². The Labute approximate surface area is 92.5 Å². The van der Waals surface area contributed by atoms with Crippen molar-refractivity contribution in [1.29, 1.82) is 0 Å². The lowest BCUT2D eigenvalue weighted by Crippen LogP contribution is -2.00. The predicted molar refractivity (Wildman–Crippen MR) is 60.0 cm³/mol. The van der Waals surface area contributed by atoms with Crippen LogP contribution in [0.2, 0.25) is 0 Å². The first-order chi connectivity index (χ1) is 7.63. The first-order valence-electron chi connectivity index (χ1n) is 4.81. The van der Waals surface area contributed by atoms with E-state index in [-0.39, 0.29) is 5.56 Å². The van der Waals surface area contributed by atoms with Crippen molar-refractivity contribution >= 4 is 16.9 Å². The molecule has 1 N–H and O–H groups in total. The van der Waals surface area contributed by atoms with Crippen molar-refractivity contribution in [3.63, 3.8) is 0 Å². The number of nitrogens with zero attached hydrogens (tertiary/aromatic N) is 1. The van der Waals surface area contributed by atoms with Gasteiger partial charge >= 0.3 is 5.97 Å². The highest BCUT2D eigenvalue weighted by molar-refractivity contribution is 6.03. The summed E-state index contributed by atoms with van der Waals surface area (Å²) < 4.78 is 5.17. The van der Waals surface area contributed by atoms with Gasteiger partial charge in [-0.05, 0) is 31.2 Å². The molecule has 0 aliphatic rings. The molecule has 0 spiro atoms. The molecular weight excluding hydrogens is 206 g/mol. The number of carboxylic acids is 1. The SMILES string of the molecule is COc1ccc(C(=O)O)c2nc(C)ccc12. The molecule has 0 saturated heterocycles. The van der Waals surface area contributed by atoms with Crippen molar-refractivity contribution in [1.82, 2.24) is 4.98 Å². The van der Waals surface area contributed by atoms with Crippen LogP contribution < -0.4 is 4.74 Å². The molecule has 0 unspecified atom stereocenters. The number of carbonyl (C=O) groups is 1. The summed E-state index contributed by atoms with van der Waals surface area (Å²) in [6.45, 7) is 1.82. The molecule has 0 saturated carbocycles. The van der Waals surface area contributed by atoms with Gasteiger partial charge in [-0.2, -0.15) is 0 Å². The van der Waals surface area contributed by atoms with Gasteiger partial charge in [-0.15, -0.1) is 0 Å². The Hall–Kier alpha value is -2.10. The second kappa shape index (κ2) is 3.81. The zero-order valence-electron chi connectivity index (χ0n) is 9.02. The van der Waals surface area contributed by atoms with Crippen LogP contribution >= 0.6 is 0 Å². The number of aromatic nitrogens is 1. The van der Waals surface area contributed by atoms with Crippen LogP contribution in [0.1, 0.15) is 16.1 Å². The van der Waals surface area contributed by atoms with Crippen LogP contribution in [-0.2, 0) is 0 Å². The molecule has 4 nitrogen and oxygen atoms in total. The number of methoxy groups -OCH3 is 1. The maximum atomic E-state index is 11.0. The zero-order valence-corrected chi connectivity index (χ0v) is 9.02. The lowest BCUT2D eigenvalue weighted by atomic mass is 10.1. The van der Waals surface area contributed by atoms with Gasteiger partial charge in [-0.1, -0.05) is 0 Å². The zero-order chi connectivity index (χ0) is 11.7. The van der Waals surface area contributed by atoms with Crippen LogP contribution in [0.4, 0.5) is 0 Å². The number of rotatable bonds is 2. The highest BCUT2D eigenvalue weighted by atomic mass is 16.5. The van der Waals surface area contributed by atoms with Gasteiger partial charge in [0.2, 0.25) is 0 Å². The first kappa shape index (κ1) is 10.4. The first-order valence-corrected chi connectivity index (χ1v) is 4.81. The molecule has 16 heavy (non-hydrogen) atoms. The van der Waals surface area contributed by atoms with E-state index in [9.17, 15) is 4.79 Å². The number of benzene rings is 1. The van der Waals surface area contributed by atoms with Gasteiger partial charge in [0.05, 0.1) is 18.2 Å². The van der Waals surface area contributed by atoms with Gasteiger partial charge in [0.1, 0.15) is 5.75 Å². The normalized spacial score (nSPS) is 10.4. The second-order valence-electron chi connectivity index (χ2n) is 3.47. The smallest absolute Gasteiger partial charge is 0.337 e. The van der Waals surface area contributed by atoms with E-state index < -0.39 is 5.97 Å². The van der Waals surface area contributed by atoms with E-state index in [1.807, 2.05) is 19.1 Å². The molecule has 1 aromatic heterocycles. The van der Waals surface area contributed by atoms with Gasteiger partial charge in [-0.3, -0.25) is 4.98 Å². The monoisotopic (exact) mass is 217 g/mol. The number of pyridine rings is 1. The second-order valence-corrected chi connectivity index (χ2v) is 3.47. The van der Waals surface area contributed by atoms with Crippen LogP contribution in [0.5, 0.6) is 5.75 Å². The largest absolute Gasteiger partial charge is 0.496 e. The minimum atomic E-state index is -0.981. The number of hydrogen-bond acceptors (Lipinski definition) is 3. The molecule has 2 rings (SSSR count). The minimum Gasteiger partial charge on any atom is -0.496 e. The van der Waals surface area contributed by atoms with E-state index in [1.165, 1.54) is 6.07 Å². The fourth-order valence-electron chi connectivity index (χ4n) is 1.64. The van der Waals surface area contributed by atoms with E-state index in [0.717, 1.165) is 5.69 Å². The maximum absolute atomic E-state index is 11.0. The maximum Gasteiger partial charge on any atom is 0.337 e. The molecule has 4 heteroatoms.